The Hall–Kier alpha value is -4.55. The van der Waals surface area contributed by atoms with E-state index in [4.69, 9.17) is 18.9 Å². The number of methoxy groups -OCH3 is 2. The van der Waals surface area contributed by atoms with Gasteiger partial charge in [-0.05, 0) is 31.2 Å². The molecule has 10 nitrogen and oxygen atoms in total. The molecule has 0 radical (unpaired) electrons. The van der Waals surface area contributed by atoms with Crippen LogP contribution in [0.2, 0.25) is 0 Å². The number of ether oxygens (including phenoxy) is 4. The van der Waals surface area contributed by atoms with Crippen molar-refractivity contribution in [1.82, 2.24) is 19.7 Å². The van der Waals surface area contributed by atoms with Crippen LogP contribution in [0.25, 0.3) is 10.9 Å². The molecule has 0 aliphatic carbocycles. The van der Waals surface area contributed by atoms with E-state index in [-0.39, 0.29) is 17.3 Å². The van der Waals surface area contributed by atoms with Crippen molar-refractivity contribution in [1.29, 1.82) is 0 Å². The fourth-order valence-electron chi connectivity index (χ4n) is 3.34. The zero-order valence-electron chi connectivity index (χ0n) is 20.0. The van der Waals surface area contributed by atoms with Crippen LogP contribution in [0.3, 0.4) is 0 Å². The molecule has 0 saturated heterocycles. The van der Waals surface area contributed by atoms with Crippen molar-refractivity contribution in [3.8, 4) is 28.7 Å². The minimum atomic E-state index is -4.56. The summed E-state index contributed by atoms with van der Waals surface area (Å²) in [6.45, 7) is 0.513. The summed E-state index contributed by atoms with van der Waals surface area (Å²) < 4.78 is 60.4. The fraction of sp³-hybridized carbons (Fsp3) is 0.250. The Labute approximate surface area is 208 Å². The Bertz CT molecular complexity index is 1410. The first-order valence-corrected chi connectivity index (χ1v) is 10.9. The fourth-order valence-corrected chi connectivity index (χ4v) is 3.34. The molecule has 1 N–H and O–H groups in total. The number of pyridine rings is 2. The van der Waals surface area contributed by atoms with Crippen LogP contribution >= 0.6 is 0 Å². The van der Waals surface area contributed by atoms with Crippen LogP contribution in [0, 0.1) is 0 Å². The predicted octanol–water partition coefficient (Wildman–Crippen LogP) is 4.85. The molecule has 0 bridgehead atoms. The van der Waals surface area contributed by atoms with Crippen LogP contribution in [0.15, 0.2) is 48.9 Å². The normalized spacial score (nSPS) is 11.3. The van der Waals surface area contributed by atoms with E-state index in [9.17, 15) is 18.0 Å². The standard InChI is InChI=1S/C24H22F3N5O5/c1-4-32-12-20(36-13-24(25,26)27)22(31-32)23(33)30-21-6-5-14(11-29-21)37-17-7-8-28-16-10-19(35-3)18(34-2)9-15(16)17/h5-12H,4,13H2,1-3H3,(H,29,30,33). The molecule has 4 aromatic rings. The van der Waals surface area contributed by atoms with Gasteiger partial charge in [-0.3, -0.25) is 14.5 Å². The first-order chi connectivity index (χ1) is 17.7. The van der Waals surface area contributed by atoms with E-state index in [2.05, 4.69) is 20.4 Å². The number of nitrogens with one attached hydrogen (secondary N) is 1. The second-order valence-corrected chi connectivity index (χ2v) is 7.57. The molecule has 3 aromatic heterocycles. The maximum absolute atomic E-state index is 12.7. The minimum Gasteiger partial charge on any atom is -0.493 e. The molecule has 3 heterocycles. The van der Waals surface area contributed by atoms with Crippen LogP contribution < -0.4 is 24.3 Å². The van der Waals surface area contributed by atoms with Gasteiger partial charge in [-0.1, -0.05) is 0 Å². The Morgan fingerprint density at radius 3 is 2.43 bits per heavy atom. The van der Waals surface area contributed by atoms with Crippen molar-refractivity contribution in [2.24, 2.45) is 0 Å². The van der Waals surface area contributed by atoms with Gasteiger partial charge in [0.2, 0.25) is 0 Å². The second kappa shape index (κ2) is 10.6. The Morgan fingerprint density at radius 2 is 1.78 bits per heavy atom. The largest absolute Gasteiger partial charge is 0.493 e. The average molecular weight is 517 g/mol. The van der Waals surface area contributed by atoms with Crippen LogP contribution in [0.4, 0.5) is 19.0 Å². The zero-order valence-corrected chi connectivity index (χ0v) is 20.0. The van der Waals surface area contributed by atoms with Gasteiger partial charge in [0.1, 0.15) is 17.3 Å². The van der Waals surface area contributed by atoms with Crippen molar-refractivity contribution in [3.05, 3.63) is 54.6 Å². The van der Waals surface area contributed by atoms with E-state index in [1.54, 1.807) is 37.4 Å². The van der Waals surface area contributed by atoms with Crippen LogP contribution in [-0.2, 0) is 6.54 Å². The second-order valence-electron chi connectivity index (χ2n) is 7.57. The number of carbonyl (C=O) groups excluding carboxylic acids is 1. The van der Waals surface area contributed by atoms with Gasteiger partial charge >= 0.3 is 6.18 Å². The van der Waals surface area contributed by atoms with E-state index in [0.717, 1.165) is 0 Å². The third-order valence-electron chi connectivity index (χ3n) is 5.07. The monoisotopic (exact) mass is 517 g/mol. The third-order valence-corrected chi connectivity index (χ3v) is 5.07. The number of carbonyl (C=O) groups is 1. The van der Waals surface area contributed by atoms with Crippen LogP contribution in [0.5, 0.6) is 28.7 Å². The molecule has 0 fully saturated rings. The number of benzene rings is 1. The smallest absolute Gasteiger partial charge is 0.422 e. The number of amides is 1. The molecule has 194 valence electrons. The highest BCUT2D eigenvalue weighted by atomic mass is 19.4. The van der Waals surface area contributed by atoms with Gasteiger partial charge in [-0.15, -0.1) is 0 Å². The number of alkyl halides is 3. The lowest BCUT2D eigenvalue weighted by Gasteiger charge is -2.12. The maximum atomic E-state index is 12.7. The van der Waals surface area contributed by atoms with E-state index < -0.39 is 18.7 Å². The van der Waals surface area contributed by atoms with Gasteiger partial charge in [0, 0.05) is 24.2 Å². The first kappa shape index (κ1) is 25.5. The summed E-state index contributed by atoms with van der Waals surface area (Å²) >= 11 is 0. The molecule has 13 heteroatoms. The Morgan fingerprint density at radius 1 is 1.03 bits per heavy atom. The highest BCUT2D eigenvalue weighted by Crippen LogP contribution is 2.36. The van der Waals surface area contributed by atoms with E-state index in [1.165, 1.54) is 37.4 Å². The number of hydrogen-bond donors (Lipinski definition) is 1. The van der Waals surface area contributed by atoms with Gasteiger partial charge in [-0.2, -0.15) is 18.3 Å². The van der Waals surface area contributed by atoms with Crippen LogP contribution in [0.1, 0.15) is 17.4 Å². The lowest BCUT2D eigenvalue weighted by Crippen LogP contribution is -2.21. The van der Waals surface area contributed by atoms with Gasteiger partial charge in [0.25, 0.3) is 5.91 Å². The molecule has 1 amide bonds. The first-order valence-electron chi connectivity index (χ1n) is 10.9. The number of aryl methyl sites for hydroxylation is 1. The Kier molecular flexibility index (Phi) is 7.32. The molecular weight excluding hydrogens is 495 g/mol. The van der Waals surface area contributed by atoms with Crippen molar-refractivity contribution >= 4 is 22.6 Å². The van der Waals surface area contributed by atoms with Crippen LogP contribution in [-0.4, -0.2) is 52.7 Å². The number of fused-ring (bicyclic) bond motifs is 1. The molecular formula is C24H22F3N5O5. The molecule has 4 rings (SSSR count). The summed E-state index contributed by atoms with van der Waals surface area (Å²) in [7, 11) is 3.05. The maximum Gasteiger partial charge on any atom is 0.422 e. The van der Waals surface area contributed by atoms with Gasteiger partial charge in [0.15, 0.2) is 29.5 Å². The number of rotatable bonds is 9. The molecule has 37 heavy (non-hydrogen) atoms. The number of anilines is 1. The molecule has 0 aliphatic heterocycles. The highest BCUT2D eigenvalue weighted by molar-refractivity contribution is 6.04. The highest BCUT2D eigenvalue weighted by Gasteiger charge is 2.30. The summed E-state index contributed by atoms with van der Waals surface area (Å²) in [5, 5.41) is 7.16. The summed E-state index contributed by atoms with van der Waals surface area (Å²) in [5.41, 5.74) is 0.336. The summed E-state index contributed by atoms with van der Waals surface area (Å²) in [5.74, 6) is 0.965. The van der Waals surface area contributed by atoms with Crippen molar-refractivity contribution in [3.63, 3.8) is 0 Å². The number of aromatic nitrogens is 4. The van der Waals surface area contributed by atoms with Crippen molar-refractivity contribution in [2.45, 2.75) is 19.6 Å². The van der Waals surface area contributed by atoms with Crippen molar-refractivity contribution in [2.75, 3.05) is 26.1 Å². The Balaban J connectivity index is 1.50. The topological polar surface area (TPSA) is 110 Å². The molecule has 0 saturated carbocycles. The van der Waals surface area contributed by atoms with E-state index in [1.807, 2.05) is 0 Å². The van der Waals surface area contributed by atoms with E-state index >= 15 is 0 Å². The summed E-state index contributed by atoms with van der Waals surface area (Å²) in [6.07, 6.45) is -0.362. The van der Waals surface area contributed by atoms with Gasteiger partial charge in [0.05, 0.1) is 32.1 Å². The number of nitrogens with zero attached hydrogens (tertiary/aromatic N) is 4. The quantitative estimate of drug-likeness (QED) is 0.336. The van der Waals surface area contributed by atoms with Gasteiger partial charge in [-0.25, -0.2) is 4.98 Å². The zero-order chi connectivity index (χ0) is 26.6. The number of halogens is 3. The summed E-state index contributed by atoms with van der Waals surface area (Å²) in [6, 6.07) is 8.20. The minimum absolute atomic E-state index is 0.135. The summed E-state index contributed by atoms with van der Waals surface area (Å²) in [4.78, 5) is 21.2. The third kappa shape index (κ3) is 6.00. The SMILES string of the molecule is CCn1cc(OCC(F)(F)F)c(C(=O)Nc2ccc(Oc3ccnc4cc(OC)c(OC)cc34)cn2)n1. The number of hydrogen-bond acceptors (Lipinski definition) is 8. The molecule has 0 aliphatic rings. The molecule has 0 spiro atoms. The molecule has 0 atom stereocenters. The lowest BCUT2D eigenvalue weighted by atomic mass is 10.2. The molecule has 0 unspecified atom stereocenters. The average Bonchev–Trinajstić information content (AvgIpc) is 3.31. The predicted molar refractivity (Wildman–Crippen MR) is 127 cm³/mol. The van der Waals surface area contributed by atoms with E-state index in [0.29, 0.717) is 40.4 Å². The van der Waals surface area contributed by atoms with Crippen molar-refractivity contribution < 1.29 is 36.9 Å². The lowest BCUT2D eigenvalue weighted by molar-refractivity contribution is -0.153. The molecule has 1 aromatic carbocycles. The van der Waals surface area contributed by atoms with Gasteiger partial charge < -0.3 is 24.3 Å².